The van der Waals surface area contributed by atoms with E-state index in [1.807, 2.05) is 0 Å². The number of fused-ring (bicyclic) bond motifs is 3. The summed E-state index contributed by atoms with van der Waals surface area (Å²) in [4.78, 5) is 25.7. The topological polar surface area (TPSA) is 176 Å². The Bertz CT molecular complexity index is 1630. The van der Waals surface area contributed by atoms with Crippen molar-refractivity contribution in [1.82, 2.24) is 0 Å². The normalized spacial score (nSPS) is 14.8. The number of rotatable bonds is 4. The van der Waals surface area contributed by atoms with Gasteiger partial charge in [-0.3, -0.25) is 9.59 Å². The number of carbonyl (C=O) groups excluding carboxylic acids is 1. The smallest absolute Gasteiger partial charge is 0.312 e. The maximum Gasteiger partial charge on any atom is 0.312 e. The summed E-state index contributed by atoms with van der Waals surface area (Å²) in [5.41, 5.74) is -0.440. The Morgan fingerprint density at radius 3 is 2.14 bits per heavy atom. The summed E-state index contributed by atoms with van der Waals surface area (Å²) < 4.78 is 21.8. The number of esters is 1. The third-order valence-electron chi connectivity index (χ3n) is 6.21. The van der Waals surface area contributed by atoms with Crippen LogP contribution < -0.4 is 19.6 Å². The molecule has 190 valence electrons. The third kappa shape index (κ3) is 3.68. The lowest BCUT2D eigenvalue weighted by Gasteiger charge is -2.27. The van der Waals surface area contributed by atoms with Crippen molar-refractivity contribution in [2.24, 2.45) is 0 Å². The monoisotopic (exact) mass is 508 g/mol. The van der Waals surface area contributed by atoms with Crippen LogP contribution in [-0.2, 0) is 4.79 Å². The van der Waals surface area contributed by atoms with E-state index in [1.54, 1.807) is 0 Å². The molecule has 0 fully saturated rings. The molecular formula is C26H20O11. The van der Waals surface area contributed by atoms with E-state index in [4.69, 9.17) is 18.6 Å². The Hall–Kier alpha value is -5.06. The van der Waals surface area contributed by atoms with Gasteiger partial charge in [0.2, 0.25) is 16.9 Å². The molecule has 11 nitrogen and oxygen atoms in total. The highest BCUT2D eigenvalue weighted by molar-refractivity contribution is 5.94. The van der Waals surface area contributed by atoms with Gasteiger partial charge in [-0.15, -0.1) is 0 Å². The molecule has 5 N–H and O–H groups in total. The minimum Gasteiger partial charge on any atom is -0.507 e. The summed E-state index contributed by atoms with van der Waals surface area (Å²) in [7, 11) is 2.69. The van der Waals surface area contributed by atoms with Crippen molar-refractivity contribution in [2.75, 3.05) is 14.2 Å². The number of carbonyl (C=O) groups is 1. The molecule has 1 aromatic heterocycles. The minimum absolute atomic E-state index is 0.0567. The van der Waals surface area contributed by atoms with Gasteiger partial charge in [0, 0.05) is 23.1 Å². The summed E-state index contributed by atoms with van der Waals surface area (Å²) >= 11 is 0. The van der Waals surface area contributed by atoms with E-state index in [-0.39, 0.29) is 57.3 Å². The van der Waals surface area contributed by atoms with E-state index < -0.39 is 40.3 Å². The summed E-state index contributed by atoms with van der Waals surface area (Å²) in [5, 5.41) is 50.8. The molecule has 5 rings (SSSR count). The minimum atomic E-state index is -0.972. The second-order valence-corrected chi connectivity index (χ2v) is 8.33. The van der Waals surface area contributed by atoms with Gasteiger partial charge in [0.25, 0.3) is 0 Å². The zero-order valence-electron chi connectivity index (χ0n) is 19.4. The summed E-state index contributed by atoms with van der Waals surface area (Å²) in [6.45, 7) is 0. The van der Waals surface area contributed by atoms with Crippen molar-refractivity contribution in [3.63, 3.8) is 0 Å². The fraction of sp³-hybridized carbons (Fsp3) is 0.154. The fourth-order valence-corrected chi connectivity index (χ4v) is 4.44. The van der Waals surface area contributed by atoms with Crippen LogP contribution in [0, 0.1) is 0 Å². The van der Waals surface area contributed by atoms with Crippen molar-refractivity contribution >= 4 is 16.9 Å². The van der Waals surface area contributed by atoms with Crippen LogP contribution in [0.2, 0.25) is 0 Å². The number of ether oxygens (including phenoxy) is 3. The van der Waals surface area contributed by atoms with Gasteiger partial charge in [-0.1, -0.05) is 0 Å². The van der Waals surface area contributed by atoms with Crippen molar-refractivity contribution in [2.45, 2.75) is 12.3 Å². The van der Waals surface area contributed by atoms with Gasteiger partial charge in [-0.25, -0.2) is 0 Å². The van der Waals surface area contributed by atoms with Gasteiger partial charge < -0.3 is 44.2 Å². The highest BCUT2D eigenvalue weighted by atomic mass is 16.5. The predicted molar refractivity (Wildman–Crippen MR) is 128 cm³/mol. The third-order valence-corrected chi connectivity index (χ3v) is 6.21. The molecule has 0 aliphatic carbocycles. The summed E-state index contributed by atoms with van der Waals surface area (Å²) in [6, 6.07) is 7.59. The standard InChI is InChI=1S/C26H20O11/c1-34-17-6-11(7-18(35-2)22(17)31)12-8-19(30)36-16-9-15(29)21-23(32)24(33)25(37-26(21)20(12)16)10-3-4-13(27)14(28)5-10/h3-7,9,12,27-29,31,33H,8H2,1-2H3/t12-/m1/s1. The Morgan fingerprint density at radius 2 is 1.51 bits per heavy atom. The second-order valence-electron chi connectivity index (χ2n) is 8.33. The predicted octanol–water partition coefficient (Wildman–Crippen LogP) is 3.45. The van der Waals surface area contributed by atoms with Gasteiger partial charge in [-0.2, -0.15) is 0 Å². The molecule has 4 aromatic rings. The lowest BCUT2D eigenvalue weighted by Crippen LogP contribution is -2.22. The van der Waals surface area contributed by atoms with Crippen LogP contribution in [0.5, 0.6) is 46.0 Å². The maximum absolute atomic E-state index is 13.2. The van der Waals surface area contributed by atoms with Gasteiger partial charge >= 0.3 is 5.97 Å². The Balaban J connectivity index is 1.85. The van der Waals surface area contributed by atoms with E-state index in [0.717, 1.165) is 18.2 Å². The molecule has 0 saturated heterocycles. The Kier molecular flexibility index (Phi) is 5.47. The highest BCUT2D eigenvalue weighted by Gasteiger charge is 2.35. The van der Waals surface area contributed by atoms with Gasteiger partial charge in [-0.05, 0) is 35.9 Å². The van der Waals surface area contributed by atoms with Crippen molar-refractivity contribution in [1.29, 1.82) is 0 Å². The second kappa shape index (κ2) is 8.55. The largest absolute Gasteiger partial charge is 0.507 e. The number of aromatic hydroxyl groups is 5. The lowest BCUT2D eigenvalue weighted by molar-refractivity contribution is -0.135. The van der Waals surface area contributed by atoms with Crippen LogP contribution in [0.25, 0.3) is 22.3 Å². The van der Waals surface area contributed by atoms with Gasteiger partial charge in [0.05, 0.1) is 20.6 Å². The first-order valence-electron chi connectivity index (χ1n) is 10.9. The molecule has 0 bridgehead atoms. The SMILES string of the molecule is COc1cc([C@H]2CC(=O)Oc3cc(O)c4c(=O)c(O)c(-c5ccc(O)c(O)c5)oc4c32)cc(OC)c1O. The van der Waals surface area contributed by atoms with Crippen LogP contribution in [0.4, 0.5) is 0 Å². The van der Waals surface area contributed by atoms with Crippen LogP contribution in [-0.4, -0.2) is 45.7 Å². The van der Waals surface area contributed by atoms with Gasteiger partial charge in [0.1, 0.15) is 22.5 Å². The lowest BCUT2D eigenvalue weighted by atomic mass is 9.84. The fourth-order valence-electron chi connectivity index (χ4n) is 4.44. The number of methoxy groups -OCH3 is 2. The van der Waals surface area contributed by atoms with E-state index in [0.29, 0.717) is 5.56 Å². The van der Waals surface area contributed by atoms with Crippen molar-refractivity contribution in [3.05, 3.63) is 57.7 Å². The first-order valence-corrected chi connectivity index (χ1v) is 10.9. The average molecular weight is 508 g/mol. The molecule has 0 unspecified atom stereocenters. The molecule has 1 atom stereocenters. The zero-order valence-corrected chi connectivity index (χ0v) is 19.4. The molecular weight excluding hydrogens is 488 g/mol. The molecule has 3 aromatic carbocycles. The van der Waals surface area contributed by atoms with Crippen LogP contribution >= 0.6 is 0 Å². The van der Waals surface area contributed by atoms with Crippen LogP contribution in [0.3, 0.4) is 0 Å². The number of phenolic OH excluding ortho intramolecular Hbond substituents is 4. The number of benzene rings is 3. The molecule has 1 aliphatic rings. The first-order chi connectivity index (χ1) is 17.6. The molecule has 0 radical (unpaired) electrons. The molecule has 0 saturated carbocycles. The van der Waals surface area contributed by atoms with Crippen molar-refractivity contribution < 1.29 is 49.0 Å². The number of phenols is 4. The first kappa shape index (κ1) is 23.7. The zero-order chi connectivity index (χ0) is 26.6. The molecule has 1 aliphatic heterocycles. The number of hydrogen-bond acceptors (Lipinski definition) is 11. The van der Waals surface area contributed by atoms with Crippen LogP contribution in [0.1, 0.15) is 23.5 Å². The molecule has 11 heteroatoms. The van der Waals surface area contributed by atoms with E-state index in [1.165, 1.54) is 32.4 Å². The molecule has 37 heavy (non-hydrogen) atoms. The summed E-state index contributed by atoms with van der Waals surface area (Å²) in [5.74, 6) is -4.37. The van der Waals surface area contributed by atoms with Gasteiger partial charge in [0.15, 0.2) is 28.8 Å². The Morgan fingerprint density at radius 1 is 0.838 bits per heavy atom. The molecule has 0 spiro atoms. The quantitative estimate of drug-likeness (QED) is 0.155. The number of hydrogen-bond donors (Lipinski definition) is 5. The van der Waals surface area contributed by atoms with Crippen LogP contribution in [0.15, 0.2) is 45.6 Å². The molecule has 2 heterocycles. The van der Waals surface area contributed by atoms with E-state index in [2.05, 4.69) is 0 Å². The maximum atomic E-state index is 13.2. The van der Waals surface area contributed by atoms with Crippen molar-refractivity contribution in [3.8, 4) is 57.3 Å². The average Bonchev–Trinajstić information content (AvgIpc) is 2.87. The van der Waals surface area contributed by atoms with E-state index >= 15 is 0 Å². The summed E-state index contributed by atoms with van der Waals surface area (Å²) in [6.07, 6.45) is -0.204. The Labute approximate surface area is 207 Å². The molecule has 0 amide bonds. The van der Waals surface area contributed by atoms with E-state index in [9.17, 15) is 35.1 Å². The highest BCUT2D eigenvalue weighted by Crippen LogP contribution is 2.49.